The Bertz CT molecular complexity index is 1690. The highest BCUT2D eigenvalue weighted by Gasteiger charge is 2.35. The molecule has 0 spiro atoms. The van der Waals surface area contributed by atoms with Gasteiger partial charge in [0.15, 0.2) is 5.65 Å². The zero-order valence-electron chi connectivity index (χ0n) is 19.8. The van der Waals surface area contributed by atoms with Crippen molar-refractivity contribution in [1.82, 2.24) is 29.5 Å². The summed E-state index contributed by atoms with van der Waals surface area (Å²) >= 11 is 0. The summed E-state index contributed by atoms with van der Waals surface area (Å²) in [6.07, 6.45) is 1.57. The molecular weight excluding hydrogens is 472 g/mol. The summed E-state index contributed by atoms with van der Waals surface area (Å²) in [6.45, 7) is 2.05. The van der Waals surface area contributed by atoms with Crippen molar-refractivity contribution in [2.24, 2.45) is 5.92 Å². The minimum atomic E-state index is -0.537. The Hall–Kier alpha value is -5.06. The molecule has 37 heavy (non-hydrogen) atoms. The van der Waals surface area contributed by atoms with Crippen LogP contribution in [0.25, 0.3) is 22.7 Å². The molecule has 2 N–H and O–H groups in total. The number of nitrogens with zero attached hydrogens (tertiary/aromatic N) is 6. The van der Waals surface area contributed by atoms with Crippen molar-refractivity contribution >= 4 is 34.4 Å². The standard InChI is InChI=1S/C26H22N8O3/c1-16-12-21(28-24(36)17-13-22(35)32(15-17)18-8-4-2-5-9-18)34(31-16)26-29-23-20(25(37)30-26)14-27-33(23)19-10-6-3-7-11-19/h2-12,14,17H,13,15H2,1H3,(H,28,36)(H,29,30,37)/t17-/m1/s1. The van der Waals surface area contributed by atoms with Crippen LogP contribution in [0.3, 0.4) is 0 Å². The molecule has 0 bridgehead atoms. The van der Waals surface area contributed by atoms with E-state index in [1.807, 2.05) is 60.7 Å². The monoisotopic (exact) mass is 494 g/mol. The molecular formula is C26H22N8O3. The number of nitrogens with one attached hydrogen (secondary N) is 2. The number of H-pyrrole nitrogens is 1. The van der Waals surface area contributed by atoms with Crippen molar-refractivity contribution in [2.75, 3.05) is 16.8 Å². The third-order valence-electron chi connectivity index (χ3n) is 6.27. The lowest BCUT2D eigenvalue weighted by Gasteiger charge is -2.16. The van der Waals surface area contributed by atoms with Crippen LogP contribution in [0.1, 0.15) is 12.1 Å². The minimum absolute atomic E-state index is 0.102. The lowest BCUT2D eigenvalue weighted by molar-refractivity contribution is -0.122. The number of fused-ring (bicyclic) bond motifs is 1. The fraction of sp³-hybridized carbons (Fsp3) is 0.154. The summed E-state index contributed by atoms with van der Waals surface area (Å²) in [4.78, 5) is 47.6. The molecule has 0 aliphatic carbocycles. The molecule has 1 saturated heterocycles. The third kappa shape index (κ3) is 4.05. The number of hydrogen-bond donors (Lipinski definition) is 2. The second-order valence-corrected chi connectivity index (χ2v) is 8.83. The van der Waals surface area contributed by atoms with Gasteiger partial charge < -0.3 is 10.2 Å². The Morgan fingerprint density at radius 2 is 1.70 bits per heavy atom. The van der Waals surface area contributed by atoms with Crippen LogP contribution in [0.4, 0.5) is 11.5 Å². The lowest BCUT2D eigenvalue weighted by atomic mass is 10.1. The first-order valence-corrected chi connectivity index (χ1v) is 11.7. The molecule has 1 atom stereocenters. The number of aromatic nitrogens is 6. The van der Waals surface area contributed by atoms with Gasteiger partial charge in [0.25, 0.3) is 5.56 Å². The molecule has 1 aliphatic rings. The summed E-state index contributed by atoms with van der Waals surface area (Å²) in [6, 6.07) is 20.3. The van der Waals surface area contributed by atoms with E-state index in [1.54, 1.807) is 22.6 Å². The smallest absolute Gasteiger partial charge is 0.263 e. The van der Waals surface area contributed by atoms with Crippen molar-refractivity contribution in [1.29, 1.82) is 0 Å². The Balaban J connectivity index is 1.31. The van der Waals surface area contributed by atoms with Gasteiger partial charge in [0, 0.05) is 24.7 Å². The number of benzene rings is 2. The minimum Gasteiger partial charge on any atom is -0.312 e. The first-order valence-electron chi connectivity index (χ1n) is 11.7. The second-order valence-electron chi connectivity index (χ2n) is 8.83. The molecule has 1 fully saturated rings. The molecule has 0 radical (unpaired) electrons. The average Bonchev–Trinajstić information content (AvgIpc) is 3.61. The lowest BCUT2D eigenvalue weighted by Crippen LogP contribution is -2.28. The maximum absolute atomic E-state index is 13.2. The van der Waals surface area contributed by atoms with E-state index in [9.17, 15) is 14.4 Å². The first-order chi connectivity index (χ1) is 18.0. The summed E-state index contributed by atoms with van der Waals surface area (Å²) in [7, 11) is 0. The van der Waals surface area contributed by atoms with E-state index in [0.29, 0.717) is 22.5 Å². The summed E-state index contributed by atoms with van der Waals surface area (Å²) in [5.41, 5.74) is 2.10. The highest BCUT2D eigenvalue weighted by molar-refractivity contribution is 6.03. The van der Waals surface area contributed by atoms with Crippen molar-refractivity contribution in [2.45, 2.75) is 13.3 Å². The second kappa shape index (κ2) is 8.86. The van der Waals surface area contributed by atoms with Crippen LogP contribution in [-0.4, -0.2) is 47.9 Å². The van der Waals surface area contributed by atoms with Gasteiger partial charge in [-0.1, -0.05) is 36.4 Å². The van der Waals surface area contributed by atoms with Gasteiger partial charge in [0.1, 0.15) is 11.2 Å². The molecule has 4 heterocycles. The van der Waals surface area contributed by atoms with Gasteiger partial charge in [-0.2, -0.15) is 19.9 Å². The molecule has 2 aromatic carbocycles. The van der Waals surface area contributed by atoms with E-state index in [4.69, 9.17) is 0 Å². The third-order valence-corrected chi connectivity index (χ3v) is 6.27. The molecule has 3 aromatic heterocycles. The molecule has 2 amide bonds. The van der Waals surface area contributed by atoms with E-state index in [-0.39, 0.29) is 36.3 Å². The predicted molar refractivity (Wildman–Crippen MR) is 137 cm³/mol. The number of aryl methyl sites for hydroxylation is 1. The normalized spacial score (nSPS) is 15.4. The van der Waals surface area contributed by atoms with Gasteiger partial charge in [-0.25, -0.2) is 4.68 Å². The zero-order chi connectivity index (χ0) is 25.5. The molecule has 11 heteroatoms. The Morgan fingerprint density at radius 1 is 1.00 bits per heavy atom. The van der Waals surface area contributed by atoms with E-state index in [2.05, 4.69) is 25.5 Å². The topological polar surface area (TPSA) is 131 Å². The van der Waals surface area contributed by atoms with Crippen LogP contribution in [0.5, 0.6) is 0 Å². The van der Waals surface area contributed by atoms with Gasteiger partial charge in [0.05, 0.1) is 23.5 Å². The maximum atomic E-state index is 13.2. The fourth-order valence-electron chi connectivity index (χ4n) is 4.48. The van der Waals surface area contributed by atoms with Crippen molar-refractivity contribution in [3.8, 4) is 11.6 Å². The van der Waals surface area contributed by atoms with Crippen LogP contribution in [0.2, 0.25) is 0 Å². The zero-order valence-corrected chi connectivity index (χ0v) is 19.8. The number of hydrogen-bond acceptors (Lipinski definition) is 6. The quantitative estimate of drug-likeness (QED) is 0.386. The highest BCUT2D eigenvalue weighted by Crippen LogP contribution is 2.26. The largest absolute Gasteiger partial charge is 0.312 e. The SMILES string of the molecule is Cc1cc(NC(=O)[C@@H]2CC(=O)N(c3ccccc3)C2)n(-c2nc3c(cnn3-c3ccccc3)c(=O)[nH]2)n1. The Morgan fingerprint density at radius 3 is 2.43 bits per heavy atom. The van der Waals surface area contributed by atoms with Crippen LogP contribution in [0.15, 0.2) is 77.7 Å². The van der Waals surface area contributed by atoms with Gasteiger partial charge in [0.2, 0.25) is 17.8 Å². The van der Waals surface area contributed by atoms with Gasteiger partial charge >= 0.3 is 0 Å². The van der Waals surface area contributed by atoms with Crippen LogP contribution in [-0.2, 0) is 9.59 Å². The fourth-order valence-corrected chi connectivity index (χ4v) is 4.48. The van der Waals surface area contributed by atoms with Gasteiger partial charge in [-0.15, -0.1) is 0 Å². The van der Waals surface area contributed by atoms with Crippen molar-refractivity contribution in [3.63, 3.8) is 0 Å². The maximum Gasteiger partial charge on any atom is 0.263 e. The average molecular weight is 495 g/mol. The van der Waals surface area contributed by atoms with E-state index < -0.39 is 5.92 Å². The van der Waals surface area contributed by atoms with Crippen molar-refractivity contribution < 1.29 is 9.59 Å². The van der Waals surface area contributed by atoms with Gasteiger partial charge in [-0.05, 0) is 31.2 Å². The first kappa shape index (κ1) is 22.4. The number of amides is 2. The summed E-state index contributed by atoms with van der Waals surface area (Å²) in [5, 5.41) is 12.0. The van der Waals surface area contributed by atoms with E-state index in [0.717, 1.165) is 11.4 Å². The molecule has 5 aromatic rings. The predicted octanol–water partition coefficient (Wildman–Crippen LogP) is 2.59. The number of rotatable bonds is 5. The Labute approximate surface area is 210 Å². The van der Waals surface area contributed by atoms with Crippen LogP contribution in [0, 0.1) is 12.8 Å². The number of para-hydroxylation sites is 2. The molecule has 184 valence electrons. The molecule has 0 unspecified atom stereocenters. The summed E-state index contributed by atoms with van der Waals surface area (Å²) < 4.78 is 2.95. The molecule has 0 saturated carbocycles. The van der Waals surface area contributed by atoms with Crippen LogP contribution >= 0.6 is 0 Å². The molecule has 6 rings (SSSR count). The van der Waals surface area contributed by atoms with E-state index in [1.165, 1.54) is 10.9 Å². The van der Waals surface area contributed by atoms with Gasteiger partial charge in [-0.3, -0.25) is 19.4 Å². The van der Waals surface area contributed by atoms with Crippen LogP contribution < -0.4 is 15.8 Å². The Kier molecular flexibility index (Phi) is 5.37. The number of anilines is 2. The van der Waals surface area contributed by atoms with E-state index >= 15 is 0 Å². The number of aromatic amines is 1. The number of carbonyl (C=O) groups is 2. The molecule has 11 nitrogen and oxygen atoms in total. The number of carbonyl (C=O) groups excluding carboxylic acids is 2. The molecule has 1 aliphatic heterocycles. The van der Waals surface area contributed by atoms with Crippen molar-refractivity contribution in [3.05, 3.63) is 89.0 Å². The highest BCUT2D eigenvalue weighted by atomic mass is 16.2. The summed E-state index contributed by atoms with van der Waals surface area (Å²) in [5.74, 6) is -0.494.